The topological polar surface area (TPSA) is 108 Å². The van der Waals surface area contributed by atoms with Crippen molar-refractivity contribution >= 4 is 15.9 Å². The van der Waals surface area contributed by atoms with Gasteiger partial charge in [-0.25, -0.2) is 13.1 Å². The van der Waals surface area contributed by atoms with Crippen molar-refractivity contribution in [2.24, 2.45) is 5.92 Å². The molecule has 1 saturated carbocycles. The van der Waals surface area contributed by atoms with E-state index in [0.717, 1.165) is 18.4 Å². The lowest BCUT2D eigenvalue weighted by Crippen LogP contribution is -2.41. The zero-order chi connectivity index (χ0) is 21.7. The summed E-state index contributed by atoms with van der Waals surface area (Å²) < 4.78 is 32.9. The molecule has 3 rings (SSSR count). The molecule has 158 valence electrons. The van der Waals surface area contributed by atoms with Crippen LogP contribution in [0.15, 0.2) is 53.4 Å². The van der Waals surface area contributed by atoms with Crippen molar-refractivity contribution in [3.63, 3.8) is 0 Å². The number of rotatable bonds is 9. The van der Waals surface area contributed by atoms with Crippen LogP contribution in [0.4, 0.5) is 0 Å². The Morgan fingerprint density at radius 3 is 2.43 bits per heavy atom. The lowest BCUT2D eigenvalue weighted by molar-refractivity contribution is -0.130. The van der Waals surface area contributed by atoms with Crippen molar-refractivity contribution in [1.29, 1.82) is 5.26 Å². The maximum absolute atomic E-state index is 12.7. The van der Waals surface area contributed by atoms with Gasteiger partial charge in [0.25, 0.3) is 5.91 Å². The number of hydrogen-bond donors (Lipinski definition) is 2. The Morgan fingerprint density at radius 2 is 1.83 bits per heavy atom. The van der Waals surface area contributed by atoms with Gasteiger partial charge in [-0.2, -0.15) is 5.26 Å². The van der Waals surface area contributed by atoms with Crippen LogP contribution in [0.5, 0.6) is 5.75 Å². The largest absolute Gasteiger partial charge is 0.479 e. The van der Waals surface area contributed by atoms with Crippen molar-refractivity contribution in [3.05, 3.63) is 59.7 Å². The lowest BCUT2D eigenvalue weighted by atomic mass is 10.1. The minimum atomic E-state index is -3.49. The van der Waals surface area contributed by atoms with Crippen LogP contribution in [0, 0.1) is 17.2 Å². The van der Waals surface area contributed by atoms with E-state index in [4.69, 9.17) is 4.74 Å². The highest BCUT2D eigenvalue weighted by atomic mass is 32.2. The van der Waals surface area contributed by atoms with E-state index < -0.39 is 16.1 Å². The number of carbonyl (C=O) groups is 1. The molecule has 0 saturated heterocycles. The maximum Gasteiger partial charge on any atom is 0.261 e. The number of carbonyl (C=O) groups excluding carboxylic acids is 1. The summed E-state index contributed by atoms with van der Waals surface area (Å²) in [4.78, 5) is 12.9. The summed E-state index contributed by atoms with van der Waals surface area (Å²) in [5, 5.41) is 12.0. The molecular weight excluding hydrogens is 402 g/mol. The van der Waals surface area contributed by atoms with Gasteiger partial charge in [0.05, 0.1) is 10.5 Å². The first-order valence-electron chi connectivity index (χ1n) is 9.85. The van der Waals surface area contributed by atoms with Gasteiger partial charge in [0, 0.05) is 12.6 Å². The third-order valence-corrected chi connectivity index (χ3v) is 6.26. The van der Waals surface area contributed by atoms with E-state index in [1.165, 1.54) is 12.1 Å². The number of nitrogens with zero attached hydrogens (tertiary/aromatic N) is 1. The SMILES string of the molecule is CC(C)C(Oc1ccccc1C#N)C(=O)NCc1ccc(S(=O)(=O)NC2CC2)cc1. The number of nitrogens with one attached hydrogen (secondary N) is 2. The van der Waals surface area contributed by atoms with Crippen LogP contribution in [0.1, 0.15) is 37.8 Å². The monoisotopic (exact) mass is 427 g/mol. The number of nitriles is 1. The number of sulfonamides is 1. The highest BCUT2D eigenvalue weighted by Gasteiger charge is 2.28. The Labute approximate surface area is 177 Å². The molecule has 0 heterocycles. The number of ether oxygens (including phenoxy) is 1. The predicted molar refractivity (Wildman–Crippen MR) is 112 cm³/mol. The van der Waals surface area contributed by atoms with Crippen molar-refractivity contribution < 1.29 is 17.9 Å². The molecule has 7 nitrogen and oxygen atoms in total. The third kappa shape index (κ3) is 5.59. The first-order chi connectivity index (χ1) is 14.3. The molecule has 2 aromatic carbocycles. The van der Waals surface area contributed by atoms with Crippen LogP contribution < -0.4 is 14.8 Å². The van der Waals surface area contributed by atoms with Gasteiger partial charge in [-0.15, -0.1) is 0 Å². The molecule has 1 unspecified atom stereocenters. The summed E-state index contributed by atoms with van der Waals surface area (Å²) in [6.45, 7) is 3.97. The Balaban J connectivity index is 1.62. The van der Waals surface area contributed by atoms with Crippen molar-refractivity contribution in [3.8, 4) is 11.8 Å². The zero-order valence-corrected chi connectivity index (χ0v) is 17.8. The van der Waals surface area contributed by atoms with E-state index >= 15 is 0 Å². The zero-order valence-electron chi connectivity index (χ0n) is 17.0. The number of hydrogen-bond acceptors (Lipinski definition) is 5. The fraction of sp³-hybridized carbons (Fsp3) is 0.364. The van der Waals surface area contributed by atoms with Crippen LogP contribution >= 0.6 is 0 Å². The summed E-state index contributed by atoms with van der Waals surface area (Å²) in [6.07, 6.45) is 0.990. The molecule has 1 atom stereocenters. The Bertz CT molecular complexity index is 1040. The first kappa shape index (κ1) is 21.8. The molecule has 0 bridgehead atoms. The maximum atomic E-state index is 12.7. The highest BCUT2D eigenvalue weighted by Crippen LogP contribution is 2.23. The van der Waals surface area contributed by atoms with Crippen LogP contribution in [-0.4, -0.2) is 26.5 Å². The fourth-order valence-corrected chi connectivity index (χ4v) is 4.16. The van der Waals surface area contributed by atoms with Crippen LogP contribution in [0.3, 0.4) is 0 Å². The molecule has 0 aliphatic heterocycles. The lowest BCUT2D eigenvalue weighted by Gasteiger charge is -2.22. The van der Waals surface area contributed by atoms with Gasteiger partial charge in [-0.1, -0.05) is 38.1 Å². The van der Waals surface area contributed by atoms with Crippen LogP contribution in [0.2, 0.25) is 0 Å². The van der Waals surface area contributed by atoms with Gasteiger partial charge >= 0.3 is 0 Å². The van der Waals surface area contributed by atoms with Crippen LogP contribution in [0.25, 0.3) is 0 Å². The van der Waals surface area contributed by atoms with E-state index in [2.05, 4.69) is 16.1 Å². The van der Waals surface area contributed by atoms with Crippen molar-refractivity contribution in [1.82, 2.24) is 10.0 Å². The molecule has 0 aromatic heterocycles. The van der Waals surface area contributed by atoms with Gasteiger partial charge < -0.3 is 10.1 Å². The standard InChI is InChI=1S/C22H25N3O4S/c1-15(2)21(29-20-6-4-3-5-17(20)13-23)22(26)24-14-16-7-11-19(12-8-16)30(27,28)25-18-9-10-18/h3-8,11-12,15,18,21,25H,9-10,14H2,1-2H3,(H,24,26). The second-order valence-electron chi connectivity index (χ2n) is 7.65. The molecule has 1 aliphatic carbocycles. The van der Waals surface area contributed by atoms with Gasteiger partial charge in [0.1, 0.15) is 11.8 Å². The smallest absolute Gasteiger partial charge is 0.261 e. The molecule has 8 heteroatoms. The molecular formula is C22H25N3O4S. The van der Waals surface area contributed by atoms with E-state index in [1.54, 1.807) is 36.4 Å². The Morgan fingerprint density at radius 1 is 1.17 bits per heavy atom. The summed E-state index contributed by atoms with van der Waals surface area (Å²) >= 11 is 0. The summed E-state index contributed by atoms with van der Waals surface area (Å²) in [5.74, 6) is -0.0471. The molecule has 30 heavy (non-hydrogen) atoms. The minimum absolute atomic E-state index is 0.0492. The second kappa shape index (κ2) is 9.28. The van der Waals surface area contributed by atoms with Gasteiger partial charge in [0.2, 0.25) is 10.0 Å². The van der Waals surface area contributed by atoms with E-state index in [1.807, 2.05) is 13.8 Å². The van der Waals surface area contributed by atoms with Gasteiger partial charge in [-0.05, 0) is 48.6 Å². The fourth-order valence-electron chi connectivity index (χ4n) is 2.86. The summed E-state index contributed by atoms with van der Waals surface area (Å²) in [6, 6.07) is 15.3. The Kier molecular flexibility index (Phi) is 6.75. The quantitative estimate of drug-likeness (QED) is 0.640. The van der Waals surface area contributed by atoms with Gasteiger partial charge in [0.15, 0.2) is 6.10 Å². The first-order valence-corrected chi connectivity index (χ1v) is 11.3. The normalized spacial score (nSPS) is 14.7. The molecule has 1 amide bonds. The van der Waals surface area contributed by atoms with Crippen LogP contribution in [-0.2, 0) is 21.4 Å². The highest BCUT2D eigenvalue weighted by molar-refractivity contribution is 7.89. The molecule has 1 aliphatic rings. The van der Waals surface area contributed by atoms with Gasteiger partial charge in [-0.3, -0.25) is 4.79 Å². The van der Waals surface area contributed by atoms with Crippen molar-refractivity contribution in [2.75, 3.05) is 0 Å². The van der Waals surface area contributed by atoms with Crippen molar-refractivity contribution in [2.45, 2.75) is 50.3 Å². The predicted octanol–water partition coefficient (Wildman–Crippen LogP) is 2.72. The van der Waals surface area contributed by atoms with E-state index in [-0.39, 0.29) is 29.3 Å². The second-order valence-corrected chi connectivity index (χ2v) is 9.36. The minimum Gasteiger partial charge on any atom is -0.479 e. The molecule has 2 N–H and O–H groups in total. The number of para-hydroxylation sites is 1. The summed E-state index contributed by atoms with van der Waals surface area (Å²) in [5.41, 5.74) is 1.14. The summed E-state index contributed by atoms with van der Waals surface area (Å²) in [7, 11) is -3.49. The number of amides is 1. The molecule has 2 aromatic rings. The average molecular weight is 428 g/mol. The third-order valence-electron chi connectivity index (χ3n) is 4.72. The molecule has 0 radical (unpaired) electrons. The number of benzene rings is 2. The van der Waals surface area contributed by atoms with E-state index in [9.17, 15) is 18.5 Å². The average Bonchev–Trinajstić information content (AvgIpc) is 3.54. The molecule has 0 spiro atoms. The molecule has 1 fully saturated rings. The Hall–Kier alpha value is -2.89. The van der Waals surface area contributed by atoms with E-state index in [0.29, 0.717) is 11.3 Å².